The number of halogens is 2. The average molecular weight is 294 g/mol. The van der Waals surface area contributed by atoms with Gasteiger partial charge in [-0.05, 0) is 35.0 Å². The molecule has 1 radical (unpaired) electrons. The van der Waals surface area contributed by atoms with Crippen molar-refractivity contribution in [2.75, 3.05) is 6.61 Å². The highest BCUT2D eigenvalue weighted by Crippen LogP contribution is 2.36. The maximum atomic E-state index is 13.7. The van der Waals surface area contributed by atoms with Crippen molar-refractivity contribution < 1.29 is 9.13 Å². The summed E-state index contributed by atoms with van der Waals surface area (Å²) in [5.41, 5.74) is 1.60. The fourth-order valence-electron chi connectivity index (χ4n) is 1.64. The Morgan fingerprint density at radius 1 is 1.24 bits per heavy atom. The monoisotopic (exact) mass is 293 g/mol. The molecule has 1 nitrogen and oxygen atoms in total. The van der Waals surface area contributed by atoms with Gasteiger partial charge in [0, 0.05) is 15.6 Å². The van der Waals surface area contributed by atoms with Gasteiger partial charge in [-0.3, -0.25) is 0 Å². The number of ether oxygens (including phenoxy) is 1. The average Bonchev–Trinajstić information content (AvgIpc) is 2.33. The molecule has 0 heterocycles. The third-order valence-electron chi connectivity index (χ3n) is 2.35. The topological polar surface area (TPSA) is 9.23 Å². The summed E-state index contributed by atoms with van der Waals surface area (Å²) in [6.45, 7) is 2.27. The number of rotatable bonds is 3. The second kappa shape index (κ2) is 5.32. The molecule has 0 aromatic heterocycles. The second-order valence-corrected chi connectivity index (χ2v) is 4.24. The number of para-hydroxylation sites is 1. The molecule has 0 amide bonds. The van der Waals surface area contributed by atoms with E-state index in [1.165, 1.54) is 6.07 Å². The molecule has 0 aliphatic rings. The molecule has 0 aliphatic heterocycles. The van der Waals surface area contributed by atoms with E-state index in [9.17, 15) is 4.39 Å². The number of hydrogen-bond acceptors (Lipinski definition) is 1. The Balaban J connectivity index is 2.59. The van der Waals surface area contributed by atoms with Crippen molar-refractivity contribution in [3.05, 3.63) is 52.8 Å². The fourth-order valence-corrected chi connectivity index (χ4v) is 2.11. The highest BCUT2D eigenvalue weighted by Gasteiger charge is 2.13. The first-order valence-electron chi connectivity index (χ1n) is 5.32. The molecule has 0 fully saturated rings. The standard InChI is InChI=1S/C14H11BrFO/c1-2-17-14-11(7-5-9-13(14)16)10-6-3-4-8-12(10)15/h3-7,9H,2H2,1H3. The van der Waals surface area contributed by atoms with E-state index >= 15 is 0 Å². The fraction of sp³-hybridized carbons (Fsp3) is 0.143. The molecule has 0 atom stereocenters. The van der Waals surface area contributed by atoms with E-state index in [2.05, 4.69) is 22.0 Å². The van der Waals surface area contributed by atoms with E-state index < -0.39 is 0 Å². The molecule has 2 aromatic carbocycles. The zero-order valence-electron chi connectivity index (χ0n) is 9.34. The van der Waals surface area contributed by atoms with Gasteiger partial charge in [0.1, 0.15) is 0 Å². The van der Waals surface area contributed by atoms with Gasteiger partial charge in [-0.15, -0.1) is 0 Å². The Kier molecular flexibility index (Phi) is 3.79. The molecule has 3 heteroatoms. The van der Waals surface area contributed by atoms with Gasteiger partial charge >= 0.3 is 0 Å². The van der Waals surface area contributed by atoms with Crippen LogP contribution in [-0.2, 0) is 0 Å². The van der Waals surface area contributed by atoms with Gasteiger partial charge in [0.25, 0.3) is 0 Å². The molecular formula is C14H11BrFO. The van der Waals surface area contributed by atoms with Crippen molar-refractivity contribution >= 4 is 15.9 Å². The van der Waals surface area contributed by atoms with Gasteiger partial charge in [0.15, 0.2) is 11.6 Å². The number of hydrogen-bond donors (Lipinski definition) is 0. The maximum absolute atomic E-state index is 13.7. The molecule has 0 unspecified atom stereocenters. The molecule has 2 aromatic rings. The quantitative estimate of drug-likeness (QED) is 0.812. The van der Waals surface area contributed by atoms with Crippen LogP contribution >= 0.6 is 15.9 Å². The zero-order chi connectivity index (χ0) is 12.3. The minimum Gasteiger partial charge on any atom is -0.490 e. The van der Waals surface area contributed by atoms with E-state index in [4.69, 9.17) is 4.74 Å². The highest BCUT2D eigenvalue weighted by atomic mass is 79.9. The first-order chi connectivity index (χ1) is 8.24. The van der Waals surface area contributed by atoms with E-state index in [1.807, 2.05) is 25.1 Å². The van der Waals surface area contributed by atoms with Crippen molar-refractivity contribution in [3.8, 4) is 16.9 Å². The zero-order valence-corrected chi connectivity index (χ0v) is 10.9. The van der Waals surface area contributed by atoms with Crippen molar-refractivity contribution in [1.29, 1.82) is 0 Å². The molecule has 2 rings (SSSR count). The Labute approximate surface area is 108 Å². The lowest BCUT2D eigenvalue weighted by Gasteiger charge is -2.12. The molecule has 17 heavy (non-hydrogen) atoms. The molecular weight excluding hydrogens is 283 g/mol. The molecule has 0 saturated heterocycles. The first kappa shape index (κ1) is 12.1. The minimum absolute atomic E-state index is 0.287. The minimum atomic E-state index is -0.347. The van der Waals surface area contributed by atoms with Gasteiger partial charge in [-0.1, -0.05) is 30.3 Å². The smallest absolute Gasteiger partial charge is 0.165 e. The largest absolute Gasteiger partial charge is 0.490 e. The Bertz CT molecular complexity index is 525. The molecule has 0 aliphatic carbocycles. The van der Waals surface area contributed by atoms with E-state index in [0.717, 1.165) is 15.6 Å². The third kappa shape index (κ3) is 2.50. The highest BCUT2D eigenvalue weighted by molar-refractivity contribution is 9.10. The van der Waals surface area contributed by atoms with Crippen LogP contribution in [0.25, 0.3) is 11.1 Å². The molecule has 0 N–H and O–H groups in total. The second-order valence-electron chi connectivity index (χ2n) is 3.45. The van der Waals surface area contributed by atoms with E-state index in [0.29, 0.717) is 6.61 Å². The summed E-state index contributed by atoms with van der Waals surface area (Å²) in [4.78, 5) is 0. The predicted octanol–water partition coefficient (Wildman–Crippen LogP) is 4.45. The van der Waals surface area contributed by atoms with Crippen molar-refractivity contribution in [1.82, 2.24) is 0 Å². The van der Waals surface area contributed by atoms with Crippen LogP contribution in [0.3, 0.4) is 0 Å². The lowest BCUT2D eigenvalue weighted by atomic mass is 10.0. The van der Waals surface area contributed by atoms with E-state index in [-0.39, 0.29) is 11.6 Å². The molecule has 0 bridgehead atoms. The third-order valence-corrected chi connectivity index (χ3v) is 3.01. The summed E-state index contributed by atoms with van der Waals surface area (Å²) in [7, 11) is 0. The Morgan fingerprint density at radius 2 is 2.00 bits per heavy atom. The van der Waals surface area contributed by atoms with Crippen LogP contribution in [0.4, 0.5) is 4.39 Å². The Hall–Kier alpha value is -1.35. The van der Waals surface area contributed by atoms with Crippen LogP contribution in [-0.4, -0.2) is 6.61 Å². The molecule has 0 spiro atoms. The van der Waals surface area contributed by atoms with Crippen LogP contribution < -0.4 is 4.74 Å². The summed E-state index contributed by atoms with van der Waals surface area (Å²) < 4.78 is 19.9. The first-order valence-corrected chi connectivity index (χ1v) is 6.11. The van der Waals surface area contributed by atoms with Gasteiger partial charge in [0.05, 0.1) is 6.61 Å². The normalized spacial score (nSPS) is 10.3. The van der Waals surface area contributed by atoms with Crippen molar-refractivity contribution in [2.45, 2.75) is 6.92 Å². The van der Waals surface area contributed by atoms with Crippen LogP contribution in [0, 0.1) is 11.9 Å². The van der Waals surface area contributed by atoms with Gasteiger partial charge in [-0.25, -0.2) is 4.39 Å². The number of benzene rings is 2. The van der Waals surface area contributed by atoms with Crippen molar-refractivity contribution in [3.63, 3.8) is 0 Å². The van der Waals surface area contributed by atoms with Crippen LogP contribution in [0.1, 0.15) is 6.92 Å². The lowest BCUT2D eigenvalue weighted by molar-refractivity contribution is 0.323. The summed E-state index contributed by atoms with van der Waals surface area (Å²) in [5, 5.41) is 0. The van der Waals surface area contributed by atoms with Gasteiger partial charge in [-0.2, -0.15) is 0 Å². The Morgan fingerprint density at radius 3 is 2.71 bits per heavy atom. The summed E-state index contributed by atoms with van der Waals surface area (Å²) >= 11 is 3.41. The van der Waals surface area contributed by atoms with E-state index in [1.54, 1.807) is 12.1 Å². The summed E-state index contributed by atoms with van der Waals surface area (Å²) in [6, 6.07) is 13.5. The van der Waals surface area contributed by atoms with Gasteiger partial charge in [0.2, 0.25) is 0 Å². The van der Waals surface area contributed by atoms with Gasteiger partial charge < -0.3 is 4.74 Å². The maximum Gasteiger partial charge on any atom is 0.165 e. The molecule has 87 valence electrons. The summed E-state index contributed by atoms with van der Waals surface area (Å²) in [6.07, 6.45) is 0. The van der Waals surface area contributed by atoms with Crippen molar-refractivity contribution in [2.24, 2.45) is 0 Å². The SMILES string of the molecule is CCOc1c(F)cccc1-c1ccc[c]c1Br. The predicted molar refractivity (Wildman–Crippen MR) is 69.5 cm³/mol. The summed E-state index contributed by atoms with van der Waals surface area (Å²) in [5.74, 6) is -0.0598. The van der Waals surface area contributed by atoms with Crippen LogP contribution in [0.2, 0.25) is 0 Å². The van der Waals surface area contributed by atoms with Crippen LogP contribution in [0.5, 0.6) is 5.75 Å². The van der Waals surface area contributed by atoms with Crippen LogP contribution in [0.15, 0.2) is 40.9 Å². The lowest BCUT2D eigenvalue weighted by Crippen LogP contribution is -1.97. The molecule has 0 saturated carbocycles.